The number of rotatable bonds is 1. The van der Waals surface area contributed by atoms with E-state index in [2.05, 4.69) is 5.14 Å². The Hall–Kier alpha value is 0.507. The molecule has 3 nitrogen and oxygen atoms in total. The quantitative estimate of drug-likeness (QED) is 0.404. The number of primary sulfonamides is 1. The summed E-state index contributed by atoms with van der Waals surface area (Å²) in [5.41, 5.74) is 0. The van der Waals surface area contributed by atoms with Crippen LogP contribution in [0, 0.1) is 0 Å². The van der Waals surface area contributed by atoms with Gasteiger partial charge in [0.15, 0.2) is 0 Å². The number of sulfonamides is 1. The van der Waals surface area contributed by atoms with Gasteiger partial charge >= 0.3 is 45.7 Å². The Bertz CT molecular complexity index is 116. The Balaban J connectivity index is 3.85. The van der Waals surface area contributed by atoms with Crippen LogP contribution >= 0.6 is 0 Å². The third kappa shape index (κ3) is 4.51. The second kappa shape index (κ2) is 1.99. The molecule has 0 atom stereocenters. The van der Waals surface area contributed by atoms with Crippen LogP contribution in [-0.4, -0.2) is 30.6 Å². The molecule has 0 rings (SSSR count). The van der Waals surface area contributed by atoms with Crippen molar-refractivity contribution in [1.29, 1.82) is 0 Å². The minimum absolute atomic E-state index is 0.0208. The molecule has 2 N–H and O–H groups in total. The first-order valence-electron chi connectivity index (χ1n) is 1.56. The van der Waals surface area contributed by atoms with Crippen LogP contribution in [0.4, 0.5) is 0 Å². The Kier molecular flexibility index (Phi) is 2.15. The Labute approximate surface area is 46.2 Å². The maximum absolute atomic E-state index is 9.78. The first-order valence-corrected chi connectivity index (χ1v) is 3.28. The van der Waals surface area contributed by atoms with Gasteiger partial charge in [-0.05, 0) is 0 Å². The molecule has 0 aromatic heterocycles. The van der Waals surface area contributed by atoms with Gasteiger partial charge in [-0.2, -0.15) is 0 Å². The first-order chi connectivity index (χ1) is 2.56. The molecule has 0 saturated carbocycles. The molecule has 32 valence electrons. The molecular weight excluding hydrogens is 97.0 g/mol. The zero-order chi connectivity index (χ0) is 5.21. The molecule has 0 aliphatic carbocycles. The van der Waals surface area contributed by atoms with Gasteiger partial charge in [0.05, 0.1) is 0 Å². The summed E-state index contributed by atoms with van der Waals surface area (Å²) in [6.07, 6.45) is 0. The van der Waals surface area contributed by atoms with E-state index >= 15 is 0 Å². The minimum atomic E-state index is -3.16. The topological polar surface area (TPSA) is 60.2 Å². The Morgan fingerprint density at radius 3 is 1.83 bits per heavy atom. The second-order valence-corrected chi connectivity index (χ2v) is 2.85. The average Bonchev–Trinajstić information content (AvgIpc) is 1.35. The van der Waals surface area contributed by atoms with Gasteiger partial charge in [-0.25, -0.2) is 0 Å². The third-order valence-corrected chi connectivity index (χ3v) is 1.21. The Morgan fingerprint density at radius 2 is 1.83 bits per heavy atom. The van der Waals surface area contributed by atoms with E-state index in [4.69, 9.17) is 0 Å². The van der Waals surface area contributed by atoms with Gasteiger partial charge in [-0.3, -0.25) is 0 Å². The summed E-state index contributed by atoms with van der Waals surface area (Å²) in [5.74, 6) is 0. The van der Waals surface area contributed by atoms with Gasteiger partial charge in [-0.1, -0.05) is 0 Å². The summed E-state index contributed by atoms with van der Waals surface area (Å²) in [7, 11) is -3.16. The standard InChI is InChI=1S/CH4NO2S.Li/c1-5(2,3)4;/h1H2,(H2,2,3,4);. The molecule has 0 aliphatic rings. The SMILES string of the molecule is [Li][CH2]S(N)(=O)=O. The fraction of sp³-hybridized carbons (Fsp3) is 1.00. The molecule has 0 heterocycles. The zero-order valence-electron chi connectivity index (χ0n) is 3.51. The van der Waals surface area contributed by atoms with Crippen molar-refractivity contribution in [2.24, 2.45) is 5.14 Å². The summed E-state index contributed by atoms with van der Waals surface area (Å²) < 4.78 is 19.6. The monoisotopic (exact) mass is 101 g/mol. The van der Waals surface area contributed by atoms with Crippen LogP contribution in [-0.2, 0) is 10.0 Å². The molecule has 0 radical (unpaired) electrons. The predicted octanol–water partition coefficient (Wildman–Crippen LogP) is -1.60. The second-order valence-electron chi connectivity index (χ2n) is 0.952. The molecular formula is CH4LiNO2S. The van der Waals surface area contributed by atoms with Gasteiger partial charge in [0.1, 0.15) is 0 Å². The van der Waals surface area contributed by atoms with E-state index < -0.39 is 10.0 Å². The summed E-state index contributed by atoms with van der Waals surface area (Å²) >= 11 is 1.50. The first kappa shape index (κ1) is 6.51. The number of hydrogen-bond donors (Lipinski definition) is 1. The Morgan fingerprint density at radius 1 is 1.67 bits per heavy atom. The summed E-state index contributed by atoms with van der Waals surface area (Å²) in [5, 5.41) is 4.51. The van der Waals surface area contributed by atoms with E-state index in [9.17, 15) is 8.42 Å². The average molecular weight is 101 g/mol. The maximum atomic E-state index is 9.78. The molecule has 0 bridgehead atoms. The third-order valence-electron chi connectivity index (χ3n) is 0.402. The van der Waals surface area contributed by atoms with E-state index in [1.807, 2.05) is 0 Å². The van der Waals surface area contributed by atoms with Crippen molar-refractivity contribution in [2.75, 3.05) is 4.43 Å². The summed E-state index contributed by atoms with van der Waals surface area (Å²) in [4.78, 5) is 0. The van der Waals surface area contributed by atoms with E-state index in [1.165, 1.54) is 17.7 Å². The van der Waals surface area contributed by atoms with Gasteiger partial charge in [0.2, 0.25) is 0 Å². The van der Waals surface area contributed by atoms with Gasteiger partial charge in [-0.15, -0.1) is 0 Å². The van der Waals surface area contributed by atoms with E-state index in [1.54, 1.807) is 0 Å². The van der Waals surface area contributed by atoms with E-state index in [0.717, 1.165) is 0 Å². The number of nitrogens with two attached hydrogens (primary N) is 1. The van der Waals surface area contributed by atoms with Gasteiger partial charge in [0.25, 0.3) is 0 Å². The van der Waals surface area contributed by atoms with Crippen molar-refractivity contribution in [3.63, 3.8) is 0 Å². The molecule has 0 aromatic carbocycles. The molecule has 0 aliphatic heterocycles. The molecule has 5 heteroatoms. The van der Waals surface area contributed by atoms with Crippen LogP contribution in [0.3, 0.4) is 0 Å². The zero-order valence-corrected chi connectivity index (χ0v) is 4.33. The van der Waals surface area contributed by atoms with Gasteiger partial charge in [0, 0.05) is 0 Å². The summed E-state index contributed by atoms with van der Waals surface area (Å²) in [6.45, 7) is 0. The van der Waals surface area contributed by atoms with Crippen LogP contribution in [0.5, 0.6) is 0 Å². The molecule has 0 aromatic rings. The molecule has 0 spiro atoms. The van der Waals surface area contributed by atoms with Crippen molar-refractivity contribution in [3.05, 3.63) is 0 Å². The van der Waals surface area contributed by atoms with Crippen molar-refractivity contribution in [3.8, 4) is 0 Å². The van der Waals surface area contributed by atoms with Crippen LogP contribution in [0.1, 0.15) is 0 Å². The summed E-state index contributed by atoms with van der Waals surface area (Å²) in [6, 6.07) is 0. The van der Waals surface area contributed by atoms with E-state index in [0.29, 0.717) is 0 Å². The predicted molar refractivity (Wildman–Crippen MR) is 23.7 cm³/mol. The van der Waals surface area contributed by atoms with Crippen molar-refractivity contribution in [2.45, 2.75) is 0 Å². The van der Waals surface area contributed by atoms with Crippen LogP contribution in [0.15, 0.2) is 0 Å². The number of hydrogen-bond acceptors (Lipinski definition) is 2. The van der Waals surface area contributed by atoms with Crippen LogP contribution < -0.4 is 5.14 Å². The normalized spacial score (nSPS) is 11.8. The van der Waals surface area contributed by atoms with Crippen molar-refractivity contribution in [1.82, 2.24) is 0 Å². The van der Waals surface area contributed by atoms with Crippen molar-refractivity contribution >= 4 is 27.7 Å². The molecule has 0 saturated heterocycles. The van der Waals surface area contributed by atoms with Crippen LogP contribution in [0.25, 0.3) is 0 Å². The van der Waals surface area contributed by atoms with Crippen LogP contribution in [0.2, 0.25) is 0 Å². The fourth-order valence-electron chi connectivity index (χ4n) is 0. The van der Waals surface area contributed by atoms with E-state index in [-0.39, 0.29) is 4.43 Å². The molecule has 0 unspecified atom stereocenters. The fourth-order valence-corrected chi connectivity index (χ4v) is 0. The van der Waals surface area contributed by atoms with Crippen molar-refractivity contribution < 1.29 is 8.42 Å². The molecule has 6 heavy (non-hydrogen) atoms. The molecule has 0 amide bonds. The van der Waals surface area contributed by atoms with Gasteiger partial charge < -0.3 is 0 Å². The molecule has 0 fully saturated rings.